The molecule has 0 radical (unpaired) electrons. The molecule has 0 aromatic heterocycles. The Hall–Kier alpha value is -1.95. The Bertz CT molecular complexity index is 559. The molecular weight excluding hydrogens is 274 g/mol. The molecular formula is C14H17N3O2S. The van der Waals surface area contributed by atoms with Crippen LogP contribution in [0.1, 0.15) is 18.9 Å². The monoisotopic (exact) mass is 291 g/mol. The largest absolute Gasteiger partial charge is 0.392 e. The maximum atomic E-state index is 12.3. The standard InChI is InChI=1S/C14H17N3O2S/c1-9-6-7-10-4-2-3-5-11(10)17(9)14(19)13(18)16-8-12(15)20/h2-5,9H,6-8H2,1H3,(H2,15,20)(H,16,18). The summed E-state index contributed by atoms with van der Waals surface area (Å²) in [5.74, 6) is -1.25. The van der Waals surface area contributed by atoms with Crippen LogP contribution in [0.5, 0.6) is 0 Å². The first-order valence-corrected chi connectivity index (χ1v) is 6.89. The van der Waals surface area contributed by atoms with Gasteiger partial charge >= 0.3 is 11.8 Å². The summed E-state index contributed by atoms with van der Waals surface area (Å²) >= 11 is 4.68. The number of para-hydroxylation sites is 1. The molecule has 3 N–H and O–H groups in total. The predicted molar refractivity (Wildman–Crippen MR) is 81.5 cm³/mol. The highest BCUT2D eigenvalue weighted by Gasteiger charge is 2.31. The number of aryl methyl sites for hydroxylation is 1. The van der Waals surface area contributed by atoms with Crippen molar-refractivity contribution in [3.05, 3.63) is 29.8 Å². The molecule has 0 saturated carbocycles. The molecule has 106 valence electrons. The van der Waals surface area contributed by atoms with Crippen molar-refractivity contribution < 1.29 is 9.59 Å². The summed E-state index contributed by atoms with van der Waals surface area (Å²) in [6.07, 6.45) is 1.75. The normalized spacial score (nSPS) is 17.2. The second-order valence-corrected chi connectivity index (χ2v) is 5.36. The number of amides is 2. The topological polar surface area (TPSA) is 75.4 Å². The van der Waals surface area contributed by atoms with Crippen LogP contribution in [0.2, 0.25) is 0 Å². The number of thiocarbonyl (C=S) groups is 1. The molecule has 0 spiro atoms. The van der Waals surface area contributed by atoms with Gasteiger partial charge in [0, 0.05) is 11.7 Å². The molecule has 1 aromatic carbocycles. The van der Waals surface area contributed by atoms with Crippen molar-refractivity contribution in [2.24, 2.45) is 5.73 Å². The number of anilines is 1. The van der Waals surface area contributed by atoms with Gasteiger partial charge in [0.2, 0.25) is 0 Å². The van der Waals surface area contributed by atoms with Gasteiger partial charge < -0.3 is 16.0 Å². The van der Waals surface area contributed by atoms with Gasteiger partial charge in [-0.15, -0.1) is 0 Å². The fraction of sp³-hybridized carbons (Fsp3) is 0.357. The molecule has 2 amide bonds. The van der Waals surface area contributed by atoms with Crippen LogP contribution in [0.15, 0.2) is 24.3 Å². The molecule has 0 bridgehead atoms. The average molecular weight is 291 g/mol. The minimum atomic E-state index is -0.679. The van der Waals surface area contributed by atoms with Gasteiger partial charge in [-0.25, -0.2) is 0 Å². The molecule has 0 fully saturated rings. The molecule has 5 nitrogen and oxygen atoms in total. The summed E-state index contributed by atoms with van der Waals surface area (Å²) in [5.41, 5.74) is 7.21. The number of carbonyl (C=O) groups is 2. The third-order valence-electron chi connectivity index (χ3n) is 3.36. The molecule has 1 atom stereocenters. The quantitative estimate of drug-likeness (QED) is 0.623. The van der Waals surface area contributed by atoms with E-state index < -0.39 is 11.8 Å². The third-order valence-corrected chi connectivity index (χ3v) is 3.50. The molecule has 1 aliphatic heterocycles. The van der Waals surface area contributed by atoms with Crippen molar-refractivity contribution in [1.29, 1.82) is 0 Å². The average Bonchev–Trinajstić information content (AvgIpc) is 2.44. The Morgan fingerprint density at radius 2 is 2.15 bits per heavy atom. The van der Waals surface area contributed by atoms with Gasteiger partial charge in [0.15, 0.2) is 0 Å². The van der Waals surface area contributed by atoms with E-state index in [2.05, 4.69) is 17.5 Å². The van der Waals surface area contributed by atoms with Crippen molar-refractivity contribution in [2.75, 3.05) is 11.4 Å². The molecule has 20 heavy (non-hydrogen) atoms. The Labute approximate surface area is 123 Å². The number of nitrogens with two attached hydrogens (primary N) is 1. The predicted octanol–water partition coefficient (Wildman–Crippen LogP) is 0.757. The van der Waals surface area contributed by atoms with Crippen LogP contribution < -0.4 is 16.0 Å². The summed E-state index contributed by atoms with van der Waals surface area (Å²) in [6.45, 7) is 1.97. The molecule has 0 saturated heterocycles. The van der Waals surface area contributed by atoms with Crippen molar-refractivity contribution in [2.45, 2.75) is 25.8 Å². The van der Waals surface area contributed by atoms with Gasteiger partial charge in [0.05, 0.1) is 11.5 Å². The van der Waals surface area contributed by atoms with Crippen LogP contribution in [0, 0.1) is 0 Å². The van der Waals surface area contributed by atoms with Crippen molar-refractivity contribution >= 4 is 34.7 Å². The summed E-state index contributed by atoms with van der Waals surface area (Å²) < 4.78 is 0. The van der Waals surface area contributed by atoms with E-state index in [0.29, 0.717) is 0 Å². The highest BCUT2D eigenvalue weighted by molar-refractivity contribution is 7.80. The summed E-state index contributed by atoms with van der Waals surface area (Å²) in [4.78, 5) is 25.9. The number of nitrogens with zero attached hydrogens (tertiary/aromatic N) is 1. The highest BCUT2D eigenvalue weighted by Crippen LogP contribution is 2.30. The first-order chi connectivity index (χ1) is 9.50. The van der Waals surface area contributed by atoms with Crippen molar-refractivity contribution in [1.82, 2.24) is 5.32 Å². The molecule has 6 heteroatoms. The zero-order chi connectivity index (χ0) is 14.7. The number of nitrogens with one attached hydrogen (secondary N) is 1. The van der Waals surface area contributed by atoms with Crippen LogP contribution in [-0.2, 0) is 16.0 Å². The molecule has 0 aliphatic carbocycles. The van der Waals surface area contributed by atoms with Gasteiger partial charge in [-0.1, -0.05) is 30.4 Å². The van der Waals surface area contributed by atoms with Crippen LogP contribution in [-0.4, -0.2) is 29.4 Å². The van der Waals surface area contributed by atoms with E-state index in [0.717, 1.165) is 24.1 Å². The lowest BCUT2D eigenvalue weighted by Gasteiger charge is -2.34. The third kappa shape index (κ3) is 2.96. The fourth-order valence-electron chi connectivity index (χ4n) is 2.35. The highest BCUT2D eigenvalue weighted by atomic mass is 32.1. The van der Waals surface area contributed by atoms with E-state index >= 15 is 0 Å². The molecule has 1 aliphatic rings. The van der Waals surface area contributed by atoms with Gasteiger partial charge in [-0.3, -0.25) is 9.59 Å². The molecule has 1 unspecified atom stereocenters. The van der Waals surface area contributed by atoms with E-state index in [1.54, 1.807) is 4.90 Å². The summed E-state index contributed by atoms with van der Waals surface area (Å²) in [7, 11) is 0. The minimum absolute atomic E-state index is 0.00650. The van der Waals surface area contributed by atoms with Crippen LogP contribution in [0.4, 0.5) is 5.69 Å². The number of benzene rings is 1. The number of rotatable bonds is 2. The maximum absolute atomic E-state index is 12.3. The van der Waals surface area contributed by atoms with Gasteiger partial charge in [0.25, 0.3) is 0 Å². The second kappa shape index (κ2) is 6.00. The molecule has 2 rings (SSSR count). The van der Waals surface area contributed by atoms with E-state index in [1.807, 2.05) is 31.2 Å². The van der Waals surface area contributed by atoms with Crippen LogP contribution >= 0.6 is 12.2 Å². The van der Waals surface area contributed by atoms with Crippen molar-refractivity contribution in [3.8, 4) is 0 Å². The van der Waals surface area contributed by atoms with E-state index in [4.69, 9.17) is 5.73 Å². The Balaban J connectivity index is 2.20. The van der Waals surface area contributed by atoms with Gasteiger partial charge in [-0.05, 0) is 31.4 Å². The van der Waals surface area contributed by atoms with Gasteiger partial charge in [-0.2, -0.15) is 0 Å². The zero-order valence-corrected chi connectivity index (χ0v) is 12.1. The van der Waals surface area contributed by atoms with Crippen molar-refractivity contribution in [3.63, 3.8) is 0 Å². The number of hydrogen-bond acceptors (Lipinski definition) is 3. The lowest BCUT2D eigenvalue weighted by atomic mass is 9.96. The fourth-order valence-corrected chi connectivity index (χ4v) is 2.42. The second-order valence-electron chi connectivity index (χ2n) is 4.84. The molecule has 1 aromatic rings. The maximum Gasteiger partial charge on any atom is 0.316 e. The summed E-state index contributed by atoms with van der Waals surface area (Å²) in [6, 6.07) is 7.64. The number of fused-ring (bicyclic) bond motifs is 1. The number of carbonyl (C=O) groups excluding carboxylic acids is 2. The Morgan fingerprint density at radius 3 is 2.85 bits per heavy atom. The van der Waals surface area contributed by atoms with E-state index in [-0.39, 0.29) is 17.6 Å². The SMILES string of the molecule is CC1CCc2ccccc2N1C(=O)C(=O)NCC(N)=S. The van der Waals surface area contributed by atoms with Crippen LogP contribution in [0.25, 0.3) is 0 Å². The zero-order valence-electron chi connectivity index (χ0n) is 11.3. The summed E-state index contributed by atoms with van der Waals surface area (Å²) in [5, 5.41) is 2.43. The van der Waals surface area contributed by atoms with Crippen LogP contribution in [0.3, 0.4) is 0 Å². The Kier molecular flexibility index (Phi) is 4.34. The first-order valence-electron chi connectivity index (χ1n) is 6.48. The minimum Gasteiger partial charge on any atom is -0.392 e. The smallest absolute Gasteiger partial charge is 0.316 e. The number of hydrogen-bond donors (Lipinski definition) is 2. The lowest BCUT2D eigenvalue weighted by molar-refractivity contribution is -0.137. The molecule has 1 heterocycles. The van der Waals surface area contributed by atoms with E-state index in [9.17, 15) is 9.59 Å². The Morgan fingerprint density at radius 1 is 1.45 bits per heavy atom. The lowest BCUT2D eigenvalue weighted by Crippen LogP contribution is -2.50. The van der Waals surface area contributed by atoms with E-state index in [1.165, 1.54) is 0 Å². The van der Waals surface area contributed by atoms with Gasteiger partial charge in [0.1, 0.15) is 0 Å². The first kappa shape index (κ1) is 14.5.